The van der Waals surface area contributed by atoms with Crippen LogP contribution in [0.4, 0.5) is 5.13 Å². The minimum absolute atomic E-state index is 0.316. The van der Waals surface area contributed by atoms with Crippen LogP contribution in [0.15, 0.2) is 48.0 Å². The number of hydrogen-bond acceptors (Lipinski definition) is 5. The highest BCUT2D eigenvalue weighted by Gasteiger charge is 2.19. The number of nitrogens with one attached hydrogen (secondary N) is 1. The summed E-state index contributed by atoms with van der Waals surface area (Å²) in [7, 11) is 1.62. The Kier molecular flexibility index (Phi) is 4.81. The van der Waals surface area contributed by atoms with Crippen molar-refractivity contribution in [2.24, 2.45) is 0 Å². The van der Waals surface area contributed by atoms with Crippen LogP contribution in [0.25, 0.3) is 10.8 Å². The maximum atomic E-state index is 12.1. The molecule has 0 unspecified atom stereocenters. The van der Waals surface area contributed by atoms with Gasteiger partial charge < -0.3 is 4.90 Å². The lowest BCUT2D eigenvalue weighted by Gasteiger charge is -2.16. The summed E-state index contributed by atoms with van der Waals surface area (Å²) in [5, 5.41) is 12.4. The molecule has 0 aliphatic heterocycles. The molecule has 3 aromatic rings. The molecule has 0 bridgehead atoms. The first-order valence-electron chi connectivity index (χ1n) is 7.44. The zero-order chi connectivity index (χ0) is 16.9. The molecule has 0 aliphatic carbocycles. The zero-order valence-corrected chi connectivity index (χ0v) is 13.9. The summed E-state index contributed by atoms with van der Waals surface area (Å²) in [5.74, 6) is -1.29. The van der Waals surface area contributed by atoms with Crippen LogP contribution in [0.1, 0.15) is 5.56 Å². The van der Waals surface area contributed by atoms with Gasteiger partial charge in [-0.1, -0.05) is 53.8 Å². The standard InChI is InChI=1S/C17H16N4O2S/c1-21(16(23)15(22)19-17-20-18-11-24-17)10-9-13-7-4-6-12-5-2-3-8-14(12)13/h2-8,11H,9-10H2,1H3,(H,19,20,22). The highest BCUT2D eigenvalue weighted by atomic mass is 32.1. The highest BCUT2D eigenvalue weighted by Crippen LogP contribution is 2.19. The van der Waals surface area contributed by atoms with E-state index in [9.17, 15) is 9.59 Å². The smallest absolute Gasteiger partial charge is 0.315 e. The Bertz CT molecular complexity index is 859. The number of carbonyl (C=O) groups excluding carboxylic acids is 2. The molecule has 0 aliphatic rings. The van der Waals surface area contributed by atoms with Gasteiger partial charge in [-0.05, 0) is 22.8 Å². The number of fused-ring (bicyclic) bond motifs is 1. The van der Waals surface area contributed by atoms with E-state index in [1.54, 1.807) is 7.05 Å². The molecule has 3 rings (SSSR count). The van der Waals surface area contributed by atoms with E-state index >= 15 is 0 Å². The van der Waals surface area contributed by atoms with E-state index in [4.69, 9.17) is 0 Å². The summed E-state index contributed by atoms with van der Waals surface area (Å²) < 4.78 is 0. The number of hydrogen-bond donors (Lipinski definition) is 1. The Morgan fingerprint density at radius 3 is 2.75 bits per heavy atom. The lowest BCUT2D eigenvalue weighted by Crippen LogP contribution is -2.38. The number of rotatable bonds is 4. The van der Waals surface area contributed by atoms with Gasteiger partial charge in [-0.25, -0.2) is 0 Å². The van der Waals surface area contributed by atoms with Crippen LogP contribution in [0, 0.1) is 0 Å². The van der Waals surface area contributed by atoms with Crippen LogP contribution in [0.3, 0.4) is 0 Å². The second-order valence-electron chi connectivity index (χ2n) is 5.31. The third kappa shape index (κ3) is 3.57. The number of benzene rings is 2. The second-order valence-corrected chi connectivity index (χ2v) is 6.15. The minimum atomic E-state index is -0.702. The first-order chi connectivity index (χ1) is 11.6. The normalized spacial score (nSPS) is 10.5. The molecule has 1 N–H and O–H groups in total. The van der Waals surface area contributed by atoms with Crippen molar-refractivity contribution in [2.45, 2.75) is 6.42 Å². The van der Waals surface area contributed by atoms with Gasteiger partial charge in [-0.2, -0.15) is 0 Å². The van der Waals surface area contributed by atoms with Crippen LogP contribution in [-0.2, 0) is 16.0 Å². The average molecular weight is 340 g/mol. The van der Waals surface area contributed by atoms with E-state index in [0.29, 0.717) is 18.1 Å². The summed E-state index contributed by atoms with van der Waals surface area (Å²) in [5.41, 5.74) is 2.64. The summed E-state index contributed by atoms with van der Waals surface area (Å²) in [6, 6.07) is 14.2. The quantitative estimate of drug-likeness (QED) is 0.740. The zero-order valence-electron chi connectivity index (χ0n) is 13.1. The molecular weight excluding hydrogens is 324 g/mol. The summed E-state index contributed by atoms with van der Waals surface area (Å²) in [4.78, 5) is 25.5. The van der Waals surface area contributed by atoms with E-state index in [1.807, 2.05) is 24.3 Å². The number of nitrogens with zero attached hydrogens (tertiary/aromatic N) is 3. The van der Waals surface area contributed by atoms with Gasteiger partial charge in [0, 0.05) is 13.6 Å². The molecule has 2 amide bonds. The Hall–Kier alpha value is -2.80. The average Bonchev–Trinajstić information content (AvgIpc) is 3.11. The van der Waals surface area contributed by atoms with Gasteiger partial charge in [-0.3, -0.25) is 14.9 Å². The molecule has 1 aromatic heterocycles. The van der Waals surface area contributed by atoms with Gasteiger partial charge in [0.05, 0.1) is 0 Å². The van der Waals surface area contributed by atoms with Crippen molar-refractivity contribution in [3.8, 4) is 0 Å². The molecule has 0 atom stereocenters. The molecule has 6 nitrogen and oxygen atoms in total. The van der Waals surface area contributed by atoms with Crippen molar-refractivity contribution in [2.75, 3.05) is 18.9 Å². The van der Waals surface area contributed by atoms with Gasteiger partial charge in [0.2, 0.25) is 5.13 Å². The largest absolute Gasteiger partial charge is 0.337 e. The van der Waals surface area contributed by atoms with Crippen molar-refractivity contribution < 1.29 is 9.59 Å². The Labute approximate surface area is 143 Å². The summed E-state index contributed by atoms with van der Waals surface area (Å²) >= 11 is 1.17. The predicted octanol–water partition coefficient (Wildman–Crippen LogP) is 2.33. The van der Waals surface area contributed by atoms with Crippen molar-refractivity contribution in [1.82, 2.24) is 15.1 Å². The topological polar surface area (TPSA) is 75.2 Å². The van der Waals surface area contributed by atoms with Gasteiger partial charge >= 0.3 is 11.8 Å². The molecule has 1 heterocycles. The van der Waals surface area contributed by atoms with Crippen LogP contribution in [-0.4, -0.2) is 40.5 Å². The lowest BCUT2D eigenvalue weighted by atomic mass is 10.0. The monoisotopic (exact) mass is 340 g/mol. The maximum absolute atomic E-state index is 12.1. The highest BCUT2D eigenvalue weighted by molar-refractivity contribution is 7.13. The van der Waals surface area contributed by atoms with E-state index in [2.05, 4.69) is 33.7 Å². The second kappa shape index (κ2) is 7.18. The molecule has 122 valence electrons. The summed E-state index contributed by atoms with van der Waals surface area (Å²) in [6.07, 6.45) is 0.676. The fourth-order valence-electron chi connectivity index (χ4n) is 2.45. The number of anilines is 1. The van der Waals surface area contributed by atoms with Crippen molar-refractivity contribution in [1.29, 1.82) is 0 Å². The third-order valence-corrected chi connectivity index (χ3v) is 4.32. The molecule has 0 saturated carbocycles. The van der Waals surface area contributed by atoms with Crippen molar-refractivity contribution in [3.63, 3.8) is 0 Å². The van der Waals surface area contributed by atoms with Gasteiger partial charge in [0.25, 0.3) is 0 Å². The Balaban J connectivity index is 1.63. The maximum Gasteiger partial charge on any atom is 0.315 e. The third-order valence-electron chi connectivity index (χ3n) is 3.72. The van der Waals surface area contributed by atoms with Crippen LogP contribution < -0.4 is 5.32 Å². The van der Waals surface area contributed by atoms with Gasteiger partial charge in [0.1, 0.15) is 5.51 Å². The van der Waals surface area contributed by atoms with E-state index in [1.165, 1.54) is 27.1 Å². The molecule has 7 heteroatoms. The van der Waals surface area contributed by atoms with Crippen molar-refractivity contribution in [3.05, 3.63) is 53.5 Å². The number of amides is 2. The predicted molar refractivity (Wildman–Crippen MR) is 93.8 cm³/mol. The molecular formula is C17H16N4O2S. The number of aromatic nitrogens is 2. The SMILES string of the molecule is CN(CCc1cccc2ccccc12)C(=O)C(=O)Nc1nncs1. The number of carbonyl (C=O) groups is 2. The van der Waals surface area contributed by atoms with E-state index in [-0.39, 0.29) is 0 Å². The molecule has 0 radical (unpaired) electrons. The van der Waals surface area contributed by atoms with Gasteiger partial charge in [0.15, 0.2) is 0 Å². The molecule has 0 spiro atoms. The molecule has 0 fully saturated rings. The summed E-state index contributed by atoms with van der Waals surface area (Å²) in [6.45, 7) is 0.455. The lowest BCUT2D eigenvalue weighted by molar-refractivity contribution is -0.142. The van der Waals surface area contributed by atoms with Crippen LogP contribution >= 0.6 is 11.3 Å². The van der Waals surface area contributed by atoms with Crippen LogP contribution in [0.2, 0.25) is 0 Å². The van der Waals surface area contributed by atoms with Crippen LogP contribution in [0.5, 0.6) is 0 Å². The number of likely N-dealkylation sites (N-methyl/N-ethyl adjacent to an activating group) is 1. The Morgan fingerprint density at radius 2 is 1.96 bits per heavy atom. The van der Waals surface area contributed by atoms with E-state index in [0.717, 1.165) is 10.9 Å². The first kappa shape index (κ1) is 16.1. The Morgan fingerprint density at radius 1 is 1.17 bits per heavy atom. The minimum Gasteiger partial charge on any atom is -0.337 e. The molecule has 0 saturated heterocycles. The van der Waals surface area contributed by atoms with E-state index < -0.39 is 11.8 Å². The van der Waals surface area contributed by atoms with Gasteiger partial charge in [-0.15, -0.1) is 10.2 Å². The molecule has 2 aromatic carbocycles. The molecule has 24 heavy (non-hydrogen) atoms. The fourth-order valence-corrected chi connectivity index (χ4v) is 2.89. The fraction of sp³-hybridized carbons (Fsp3) is 0.176. The first-order valence-corrected chi connectivity index (χ1v) is 8.32. The van der Waals surface area contributed by atoms with Crippen molar-refractivity contribution >= 4 is 39.1 Å².